The standard InChI is InChI=1S/C11H16F2O5S/c12-11(13,19-18-17-15)10(14)16-9-5-4-7-2-1-3-8(7)6-9/h7-9,15H,1-6H2/p-1. The predicted molar refractivity (Wildman–Crippen MR) is 59.3 cm³/mol. The van der Waals surface area contributed by atoms with Crippen LogP contribution in [0.15, 0.2) is 0 Å². The number of ether oxygens (including phenoxy) is 1. The Balaban J connectivity index is 1.82. The van der Waals surface area contributed by atoms with Crippen LogP contribution >= 0.6 is 12.0 Å². The molecular weight excluding hydrogens is 282 g/mol. The highest BCUT2D eigenvalue weighted by Gasteiger charge is 2.46. The van der Waals surface area contributed by atoms with Crippen molar-refractivity contribution in [2.24, 2.45) is 11.8 Å². The maximum Gasteiger partial charge on any atom is 0.415 e. The van der Waals surface area contributed by atoms with E-state index in [0.29, 0.717) is 24.7 Å². The molecule has 0 aliphatic heterocycles. The van der Waals surface area contributed by atoms with Crippen molar-refractivity contribution in [2.45, 2.75) is 49.9 Å². The summed E-state index contributed by atoms with van der Waals surface area (Å²) in [6, 6.07) is 0. The van der Waals surface area contributed by atoms with E-state index in [1.165, 1.54) is 6.42 Å². The van der Waals surface area contributed by atoms with Gasteiger partial charge in [-0.1, -0.05) is 19.3 Å². The van der Waals surface area contributed by atoms with Crippen molar-refractivity contribution in [3.05, 3.63) is 0 Å². The fraction of sp³-hybridized carbons (Fsp3) is 0.909. The molecule has 3 atom stereocenters. The Bertz CT molecular complexity index is 328. The second-order valence-electron chi connectivity index (χ2n) is 5.03. The van der Waals surface area contributed by atoms with E-state index in [-0.39, 0.29) is 0 Å². The van der Waals surface area contributed by atoms with Gasteiger partial charge in [0, 0.05) is 0 Å². The first-order chi connectivity index (χ1) is 9.03. The van der Waals surface area contributed by atoms with Crippen molar-refractivity contribution in [3.8, 4) is 0 Å². The van der Waals surface area contributed by atoms with Crippen LogP contribution in [0.4, 0.5) is 8.78 Å². The van der Waals surface area contributed by atoms with Gasteiger partial charge in [-0.2, -0.15) is 13.1 Å². The van der Waals surface area contributed by atoms with Gasteiger partial charge in [0.05, 0.1) is 0 Å². The number of fused-ring (bicyclic) bond motifs is 1. The van der Waals surface area contributed by atoms with Crippen LogP contribution in [0.3, 0.4) is 0 Å². The van der Waals surface area contributed by atoms with E-state index in [4.69, 9.17) is 4.74 Å². The summed E-state index contributed by atoms with van der Waals surface area (Å²) in [5.74, 6) is -0.549. The largest absolute Gasteiger partial charge is 0.691 e. The molecule has 8 heteroatoms. The summed E-state index contributed by atoms with van der Waals surface area (Å²) in [5, 5.41) is 8.35. The summed E-state index contributed by atoms with van der Waals surface area (Å²) in [7, 11) is 0. The van der Waals surface area contributed by atoms with Gasteiger partial charge in [0.2, 0.25) is 0 Å². The number of alkyl halides is 2. The number of rotatable bonds is 5. The Labute approximate surface area is 113 Å². The monoisotopic (exact) mass is 297 g/mol. The number of esters is 1. The van der Waals surface area contributed by atoms with E-state index in [1.54, 1.807) is 0 Å². The predicted octanol–water partition coefficient (Wildman–Crippen LogP) is 1.96. The third-order valence-electron chi connectivity index (χ3n) is 3.92. The molecule has 3 unspecified atom stereocenters. The summed E-state index contributed by atoms with van der Waals surface area (Å²) in [4.78, 5) is 11.3. The van der Waals surface area contributed by atoms with Gasteiger partial charge in [0.15, 0.2) is 0 Å². The first-order valence-electron chi connectivity index (χ1n) is 6.26. The van der Waals surface area contributed by atoms with Gasteiger partial charge in [-0.25, -0.2) is 4.79 Å². The van der Waals surface area contributed by atoms with E-state index >= 15 is 0 Å². The molecule has 5 nitrogen and oxygen atoms in total. The van der Waals surface area contributed by atoms with Gasteiger partial charge in [0.25, 0.3) is 0 Å². The zero-order chi connectivity index (χ0) is 13.9. The normalized spacial score (nSPS) is 31.0. The molecule has 0 radical (unpaired) electrons. The van der Waals surface area contributed by atoms with Crippen LogP contribution in [0.25, 0.3) is 0 Å². The molecule has 0 aromatic carbocycles. The molecule has 0 saturated heterocycles. The topological polar surface area (TPSA) is 67.8 Å². The third kappa shape index (κ3) is 3.77. The average Bonchev–Trinajstić information content (AvgIpc) is 2.83. The van der Waals surface area contributed by atoms with Crippen LogP contribution in [0.1, 0.15) is 38.5 Å². The van der Waals surface area contributed by atoms with Crippen molar-refractivity contribution in [1.82, 2.24) is 0 Å². The van der Waals surface area contributed by atoms with Crippen molar-refractivity contribution in [2.75, 3.05) is 0 Å². The highest BCUT2D eigenvalue weighted by Crippen LogP contribution is 2.43. The molecule has 2 fully saturated rings. The Kier molecular flexibility index (Phi) is 4.99. The molecule has 2 saturated carbocycles. The van der Waals surface area contributed by atoms with E-state index < -0.39 is 29.4 Å². The van der Waals surface area contributed by atoms with Crippen LogP contribution < -0.4 is 5.26 Å². The Morgan fingerprint density at radius 2 is 1.95 bits per heavy atom. The molecular formula is C11H15F2O5S-. The summed E-state index contributed by atoms with van der Waals surface area (Å²) >= 11 is -0.648. The molecule has 2 aliphatic rings. The van der Waals surface area contributed by atoms with Gasteiger partial charge in [-0.3, -0.25) is 5.04 Å². The van der Waals surface area contributed by atoms with E-state index in [2.05, 4.69) is 9.37 Å². The average molecular weight is 297 g/mol. The quantitative estimate of drug-likeness (QED) is 0.334. The number of hydrogen-bond acceptors (Lipinski definition) is 6. The minimum Gasteiger partial charge on any atom is -0.691 e. The molecule has 0 bridgehead atoms. The molecule has 2 rings (SSSR count). The van der Waals surface area contributed by atoms with Gasteiger partial charge < -0.3 is 9.99 Å². The lowest BCUT2D eigenvalue weighted by atomic mass is 9.80. The molecule has 0 N–H and O–H groups in total. The molecule has 0 aromatic heterocycles. The van der Waals surface area contributed by atoms with Crippen molar-refractivity contribution in [3.63, 3.8) is 0 Å². The summed E-state index contributed by atoms with van der Waals surface area (Å²) in [6.07, 6.45) is 5.15. The highest BCUT2D eigenvalue weighted by molar-refractivity contribution is 7.96. The van der Waals surface area contributed by atoms with Gasteiger partial charge in [0.1, 0.15) is 18.1 Å². The molecule has 19 heavy (non-hydrogen) atoms. The number of carbonyl (C=O) groups is 1. The molecule has 0 aromatic rings. The Hall–Kier alpha value is -0.440. The number of hydrogen-bond donors (Lipinski definition) is 0. The van der Waals surface area contributed by atoms with Crippen molar-refractivity contribution in [1.29, 1.82) is 0 Å². The first-order valence-corrected chi connectivity index (χ1v) is 7.00. The molecule has 2 aliphatic carbocycles. The zero-order valence-corrected chi connectivity index (χ0v) is 11.0. The minimum atomic E-state index is -3.93. The van der Waals surface area contributed by atoms with Crippen LogP contribution in [0.5, 0.6) is 0 Å². The number of halogens is 2. The molecule has 110 valence electrons. The highest BCUT2D eigenvalue weighted by atomic mass is 32.2. The number of carbonyl (C=O) groups excluding carboxylic acids is 1. The first kappa shape index (κ1) is 15.0. The lowest BCUT2D eigenvalue weighted by Gasteiger charge is -2.31. The van der Waals surface area contributed by atoms with Crippen LogP contribution in [0.2, 0.25) is 0 Å². The maximum absolute atomic E-state index is 13.2. The van der Waals surface area contributed by atoms with Crippen LogP contribution in [-0.2, 0) is 18.9 Å². The fourth-order valence-corrected chi connectivity index (χ4v) is 3.31. The second-order valence-corrected chi connectivity index (χ2v) is 5.84. The van der Waals surface area contributed by atoms with E-state index in [0.717, 1.165) is 19.3 Å². The lowest BCUT2D eigenvalue weighted by Crippen LogP contribution is -2.35. The SMILES string of the molecule is O=C(OC1CCC2CCCC2C1)C(F)(F)SOO[O-]. The maximum atomic E-state index is 13.2. The molecule has 0 amide bonds. The molecule has 0 spiro atoms. The Morgan fingerprint density at radius 1 is 1.21 bits per heavy atom. The van der Waals surface area contributed by atoms with E-state index in [9.17, 15) is 18.8 Å². The molecule has 0 heterocycles. The smallest absolute Gasteiger partial charge is 0.415 e. The fourth-order valence-electron chi connectivity index (χ4n) is 3.08. The lowest BCUT2D eigenvalue weighted by molar-refractivity contribution is -0.777. The second kappa shape index (κ2) is 6.34. The zero-order valence-electron chi connectivity index (χ0n) is 10.2. The summed E-state index contributed by atoms with van der Waals surface area (Å²) < 4.78 is 34.6. The van der Waals surface area contributed by atoms with Gasteiger partial charge >= 0.3 is 11.2 Å². The minimum absolute atomic E-state index is 0.466. The van der Waals surface area contributed by atoms with Crippen molar-refractivity contribution < 1.29 is 32.9 Å². The van der Waals surface area contributed by atoms with Crippen LogP contribution in [0, 0.1) is 11.8 Å². The third-order valence-corrected chi connectivity index (χ3v) is 4.42. The summed E-state index contributed by atoms with van der Waals surface area (Å²) in [5.41, 5.74) is 0. The van der Waals surface area contributed by atoms with Crippen molar-refractivity contribution >= 4 is 18.0 Å². The van der Waals surface area contributed by atoms with E-state index in [1.807, 2.05) is 0 Å². The Morgan fingerprint density at radius 3 is 2.68 bits per heavy atom. The van der Waals surface area contributed by atoms with Gasteiger partial charge in [-0.05, 0) is 31.1 Å². The summed E-state index contributed by atoms with van der Waals surface area (Å²) in [6.45, 7) is 0. The van der Waals surface area contributed by atoms with Crippen LogP contribution in [-0.4, -0.2) is 17.3 Å². The van der Waals surface area contributed by atoms with Gasteiger partial charge in [-0.15, -0.1) is 0 Å².